The van der Waals surface area contributed by atoms with Crippen LogP contribution in [0, 0.1) is 5.92 Å². The van der Waals surface area contributed by atoms with Crippen LogP contribution < -0.4 is 5.32 Å². The second kappa shape index (κ2) is 10.7. The number of aliphatic hydroxyl groups excluding tert-OH is 2. The van der Waals surface area contributed by atoms with Gasteiger partial charge in [0.2, 0.25) is 0 Å². The standard InChI is InChI=1S/C13H29NO4/c1-10(2)13(8-15)14-7-12(16)9-17-5-6-18-11(3)4/h10-16H,5-9H2,1-4H3. The van der Waals surface area contributed by atoms with E-state index in [4.69, 9.17) is 14.6 Å². The highest BCUT2D eigenvalue weighted by molar-refractivity contribution is 4.71. The summed E-state index contributed by atoms with van der Waals surface area (Å²) in [4.78, 5) is 0. The van der Waals surface area contributed by atoms with Crippen molar-refractivity contribution < 1.29 is 19.7 Å². The quantitative estimate of drug-likeness (QED) is 0.471. The maximum Gasteiger partial charge on any atom is 0.0897 e. The minimum absolute atomic E-state index is 0.0175. The Kier molecular flexibility index (Phi) is 10.6. The summed E-state index contributed by atoms with van der Waals surface area (Å²) in [6, 6.07) is 0.0175. The molecule has 0 heterocycles. The molecule has 0 aliphatic rings. The van der Waals surface area contributed by atoms with Crippen LogP contribution in [-0.4, -0.2) is 61.4 Å². The van der Waals surface area contributed by atoms with Crippen molar-refractivity contribution in [1.82, 2.24) is 5.32 Å². The lowest BCUT2D eigenvalue weighted by molar-refractivity contribution is -0.0112. The monoisotopic (exact) mass is 263 g/mol. The van der Waals surface area contributed by atoms with Crippen molar-refractivity contribution in [3.8, 4) is 0 Å². The number of ether oxygens (including phenoxy) is 2. The second-order valence-electron chi connectivity index (χ2n) is 5.09. The van der Waals surface area contributed by atoms with Crippen LogP contribution in [-0.2, 0) is 9.47 Å². The zero-order valence-electron chi connectivity index (χ0n) is 12.1. The maximum atomic E-state index is 9.67. The Hall–Kier alpha value is -0.200. The fourth-order valence-corrected chi connectivity index (χ4v) is 1.42. The van der Waals surface area contributed by atoms with E-state index in [0.717, 1.165) is 0 Å². The average Bonchev–Trinajstić information content (AvgIpc) is 2.28. The summed E-state index contributed by atoms with van der Waals surface area (Å²) in [6.07, 6.45) is -0.353. The summed E-state index contributed by atoms with van der Waals surface area (Å²) in [7, 11) is 0. The van der Waals surface area contributed by atoms with E-state index in [-0.39, 0.29) is 25.4 Å². The zero-order valence-corrected chi connectivity index (χ0v) is 12.1. The molecule has 110 valence electrons. The summed E-state index contributed by atoms with van der Waals surface area (Å²) in [6.45, 7) is 9.82. The van der Waals surface area contributed by atoms with E-state index in [0.29, 0.717) is 25.7 Å². The smallest absolute Gasteiger partial charge is 0.0897 e. The van der Waals surface area contributed by atoms with Gasteiger partial charge in [0.25, 0.3) is 0 Å². The molecule has 0 aliphatic carbocycles. The van der Waals surface area contributed by atoms with Crippen LogP contribution in [0.15, 0.2) is 0 Å². The van der Waals surface area contributed by atoms with Crippen LogP contribution in [0.1, 0.15) is 27.7 Å². The van der Waals surface area contributed by atoms with E-state index in [2.05, 4.69) is 5.32 Å². The lowest BCUT2D eigenvalue weighted by atomic mass is 10.1. The van der Waals surface area contributed by atoms with Gasteiger partial charge in [0.1, 0.15) is 0 Å². The van der Waals surface area contributed by atoms with Crippen LogP contribution in [0.5, 0.6) is 0 Å². The van der Waals surface area contributed by atoms with Crippen molar-refractivity contribution in [2.45, 2.75) is 45.9 Å². The fraction of sp³-hybridized carbons (Fsp3) is 1.00. The molecule has 0 rings (SSSR count). The normalized spacial score (nSPS) is 15.3. The predicted octanol–water partition coefficient (Wildman–Crippen LogP) is 0.395. The molecule has 2 unspecified atom stereocenters. The molecule has 0 radical (unpaired) electrons. The number of rotatable bonds is 11. The first kappa shape index (κ1) is 17.8. The van der Waals surface area contributed by atoms with Crippen molar-refractivity contribution in [3.63, 3.8) is 0 Å². The molecule has 0 amide bonds. The Morgan fingerprint density at radius 1 is 1.11 bits per heavy atom. The van der Waals surface area contributed by atoms with Crippen molar-refractivity contribution >= 4 is 0 Å². The SMILES string of the molecule is CC(C)OCCOCC(O)CNC(CO)C(C)C. The van der Waals surface area contributed by atoms with Gasteiger partial charge in [0.15, 0.2) is 0 Å². The lowest BCUT2D eigenvalue weighted by Crippen LogP contribution is -2.42. The number of nitrogens with one attached hydrogen (secondary N) is 1. The molecular weight excluding hydrogens is 234 g/mol. The lowest BCUT2D eigenvalue weighted by Gasteiger charge is -2.22. The molecule has 0 aromatic carbocycles. The van der Waals surface area contributed by atoms with Crippen molar-refractivity contribution in [1.29, 1.82) is 0 Å². The Balaban J connectivity index is 3.50. The predicted molar refractivity (Wildman–Crippen MR) is 71.6 cm³/mol. The molecule has 0 fully saturated rings. The molecular formula is C13H29NO4. The highest BCUT2D eigenvalue weighted by atomic mass is 16.5. The summed E-state index contributed by atoms with van der Waals surface area (Å²) in [5.74, 6) is 0.336. The first-order valence-electron chi connectivity index (χ1n) is 6.69. The van der Waals surface area contributed by atoms with Crippen LogP contribution in [0.2, 0.25) is 0 Å². The van der Waals surface area contributed by atoms with E-state index in [1.165, 1.54) is 0 Å². The molecule has 0 bridgehead atoms. The molecule has 0 saturated heterocycles. The van der Waals surface area contributed by atoms with Crippen LogP contribution >= 0.6 is 0 Å². The Morgan fingerprint density at radius 2 is 1.78 bits per heavy atom. The largest absolute Gasteiger partial charge is 0.395 e. The zero-order chi connectivity index (χ0) is 14.0. The fourth-order valence-electron chi connectivity index (χ4n) is 1.42. The summed E-state index contributed by atoms with van der Waals surface area (Å²) < 4.78 is 10.6. The minimum atomic E-state index is -0.558. The molecule has 0 aromatic rings. The van der Waals surface area contributed by atoms with Crippen molar-refractivity contribution in [2.24, 2.45) is 5.92 Å². The number of hydrogen-bond donors (Lipinski definition) is 3. The van der Waals surface area contributed by atoms with Gasteiger partial charge in [-0.05, 0) is 19.8 Å². The molecule has 3 N–H and O–H groups in total. The highest BCUT2D eigenvalue weighted by Crippen LogP contribution is 2.00. The highest BCUT2D eigenvalue weighted by Gasteiger charge is 2.13. The Labute approximate surface area is 110 Å². The van der Waals surface area contributed by atoms with Gasteiger partial charge in [-0.1, -0.05) is 13.8 Å². The summed E-state index contributed by atoms with van der Waals surface area (Å²) in [5.41, 5.74) is 0. The molecule has 5 heteroatoms. The van der Waals surface area contributed by atoms with Gasteiger partial charge < -0.3 is 25.0 Å². The van der Waals surface area contributed by atoms with Gasteiger partial charge in [-0.15, -0.1) is 0 Å². The molecule has 0 saturated carbocycles. The van der Waals surface area contributed by atoms with Crippen LogP contribution in [0.3, 0.4) is 0 Å². The van der Waals surface area contributed by atoms with Gasteiger partial charge in [0, 0.05) is 12.6 Å². The summed E-state index contributed by atoms with van der Waals surface area (Å²) >= 11 is 0. The molecule has 0 aromatic heterocycles. The molecule has 5 nitrogen and oxygen atoms in total. The minimum Gasteiger partial charge on any atom is -0.395 e. The van der Waals surface area contributed by atoms with Gasteiger partial charge in [-0.25, -0.2) is 0 Å². The molecule has 18 heavy (non-hydrogen) atoms. The summed E-state index contributed by atoms with van der Waals surface area (Å²) in [5, 5.41) is 21.9. The van der Waals surface area contributed by atoms with Crippen LogP contribution in [0.25, 0.3) is 0 Å². The Bertz CT molecular complexity index is 188. The Morgan fingerprint density at radius 3 is 2.28 bits per heavy atom. The molecule has 0 aliphatic heterocycles. The molecule has 2 atom stereocenters. The third-order valence-corrected chi connectivity index (χ3v) is 2.61. The first-order chi connectivity index (χ1) is 8.47. The van der Waals surface area contributed by atoms with E-state index in [9.17, 15) is 5.11 Å². The average molecular weight is 263 g/mol. The van der Waals surface area contributed by atoms with Crippen molar-refractivity contribution in [3.05, 3.63) is 0 Å². The second-order valence-corrected chi connectivity index (χ2v) is 5.09. The van der Waals surface area contributed by atoms with Gasteiger partial charge in [-0.3, -0.25) is 0 Å². The van der Waals surface area contributed by atoms with Crippen LogP contribution in [0.4, 0.5) is 0 Å². The number of hydrogen-bond acceptors (Lipinski definition) is 5. The maximum absolute atomic E-state index is 9.67. The van der Waals surface area contributed by atoms with Gasteiger partial charge in [0.05, 0.1) is 38.6 Å². The third kappa shape index (κ3) is 9.79. The van der Waals surface area contributed by atoms with E-state index >= 15 is 0 Å². The van der Waals surface area contributed by atoms with E-state index in [1.54, 1.807) is 0 Å². The van der Waals surface area contributed by atoms with E-state index in [1.807, 2.05) is 27.7 Å². The first-order valence-corrected chi connectivity index (χ1v) is 6.69. The van der Waals surface area contributed by atoms with E-state index < -0.39 is 6.10 Å². The van der Waals surface area contributed by atoms with Gasteiger partial charge in [-0.2, -0.15) is 0 Å². The van der Waals surface area contributed by atoms with Crippen molar-refractivity contribution in [2.75, 3.05) is 33.0 Å². The third-order valence-electron chi connectivity index (χ3n) is 2.61. The topological polar surface area (TPSA) is 71.0 Å². The van der Waals surface area contributed by atoms with Gasteiger partial charge >= 0.3 is 0 Å². The number of aliphatic hydroxyl groups is 2. The molecule has 0 spiro atoms.